The summed E-state index contributed by atoms with van der Waals surface area (Å²) >= 11 is 0. The van der Waals surface area contributed by atoms with Gasteiger partial charge in [-0.3, -0.25) is 0 Å². The maximum absolute atomic E-state index is 12.2. The number of H-pyrrole nitrogens is 1. The molecule has 0 spiro atoms. The quantitative estimate of drug-likeness (QED) is 0.581. The number of aryl methyl sites for hydroxylation is 1. The van der Waals surface area contributed by atoms with E-state index in [4.69, 9.17) is 9.26 Å². The zero-order valence-corrected chi connectivity index (χ0v) is 12.5. The maximum Gasteiger partial charge on any atom is 0.355 e. The molecule has 0 bridgehead atoms. The number of esters is 1. The Hall–Kier alpha value is -3.08. The predicted octanol–water partition coefficient (Wildman–Crippen LogP) is 3.97. The topological polar surface area (TPSA) is 68.1 Å². The minimum Gasteiger partial charge on any atom is -0.453 e. The Labute approximate surface area is 131 Å². The van der Waals surface area contributed by atoms with Gasteiger partial charge in [-0.15, -0.1) is 0 Å². The first-order valence-corrected chi connectivity index (χ1v) is 7.30. The molecule has 1 N–H and O–H groups in total. The Morgan fingerprint density at radius 3 is 2.87 bits per heavy atom. The lowest BCUT2D eigenvalue weighted by Crippen LogP contribution is -2.05. The molecular weight excluding hydrogens is 292 g/mol. The fraction of sp³-hybridized carbons (Fsp3) is 0.111. The van der Waals surface area contributed by atoms with Gasteiger partial charge in [0, 0.05) is 17.0 Å². The van der Waals surface area contributed by atoms with Gasteiger partial charge < -0.3 is 14.2 Å². The Morgan fingerprint density at radius 1 is 1.17 bits per heavy atom. The number of aromatic nitrogens is 2. The van der Waals surface area contributed by atoms with E-state index in [1.54, 1.807) is 6.07 Å². The van der Waals surface area contributed by atoms with Gasteiger partial charge in [-0.25, -0.2) is 4.79 Å². The van der Waals surface area contributed by atoms with Crippen LogP contribution in [0.3, 0.4) is 0 Å². The smallest absolute Gasteiger partial charge is 0.355 e. The fourth-order valence-corrected chi connectivity index (χ4v) is 2.69. The van der Waals surface area contributed by atoms with Crippen LogP contribution in [0.5, 0.6) is 0 Å². The summed E-state index contributed by atoms with van der Waals surface area (Å²) in [5, 5.41) is 7.01. The highest BCUT2D eigenvalue weighted by atomic mass is 16.5. The van der Waals surface area contributed by atoms with Gasteiger partial charge in [-0.1, -0.05) is 35.5 Å². The molecular formula is C18H14N2O3. The Morgan fingerprint density at radius 2 is 2.04 bits per heavy atom. The number of carbonyl (C=O) groups is 1. The third-order valence-electron chi connectivity index (χ3n) is 3.77. The molecule has 4 aromatic rings. The van der Waals surface area contributed by atoms with Gasteiger partial charge in [0.1, 0.15) is 5.69 Å². The van der Waals surface area contributed by atoms with Crippen LogP contribution in [0.25, 0.3) is 21.7 Å². The highest BCUT2D eigenvalue weighted by Crippen LogP contribution is 2.26. The van der Waals surface area contributed by atoms with Gasteiger partial charge in [0.25, 0.3) is 0 Å². The third kappa shape index (κ3) is 2.46. The molecule has 0 aliphatic rings. The number of carbonyl (C=O) groups excluding carboxylic acids is 1. The number of hydrogen-bond acceptors (Lipinski definition) is 4. The summed E-state index contributed by atoms with van der Waals surface area (Å²) in [5.74, 6) is 0.108. The van der Waals surface area contributed by atoms with Crippen LogP contribution >= 0.6 is 0 Å². The minimum atomic E-state index is -0.417. The molecule has 23 heavy (non-hydrogen) atoms. The van der Waals surface area contributed by atoms with Crippen LogP contribution in [0, 0.1) is 6.92 Å². The first kappa shape index (κ1) is 13.6. The van der Waals surface area contributed by atoms with Crippen molar-refractivity contribution in [3.05, 3.63) is 65.7 Å². The van der Waals surface area contributed by atoms with Crippen LogP contribution in [-0.4, -0.2) is 16.1 Å². The zero-order valence-electron chi connectivity index (χ0n) is 12.5. The lowest BCUT2D eigenvalue weighted by molar-refractivity contribution is 0.0431. The lowest BCUT2D eigenvalue weighted by atomic mass is 10.1. The van der Waals surface area contributed by atoms with Crippen molar-refractivity contribution in [2.75, 3.05) is 0 Å². The zero-order chi connectivity index (χ0) is 15.8. The average molecular weight is 306 g/mol. The first-order chi connectivity index (χ1) is 11.2. The first-order valence-electron chi connectivity index (χ1n) is 7.30. The number of rotatable bonds is 3. The average Bonchev–Trinajstić information content (AvgIpc) is 3.18. The van der Waals surface area contributed by atoms with E-state index >= 15 is 0 Å². The van der Waals surface area contributed by atoms with Gasteiger partial charge in [-0.05, 0) is 29.8 Å². The van der Waals surface area contributed by atoms with Crippen LogP contribution in [0.15, 0.2) is 53.1 Å². The van der Waals surface area contributed by atoms with Crippen LogP contribution in [0.4, 0.5) is 0 Å². The number of nitrogens with one attached hydrogen (secondary N) is 1. The summed E-state index contributed by atoms with van der Waals surface area (Å²) in [6, 6.07) is 15.6. The monoisotopic (exact) mass is 306 g/mol. The number of fused-ring (bicyclic) bond motifs is 3. The van der Waals surface area contributed by atoms with E-state index in [9.17, 15) is 4.79 Å². The second kappa shape index (κ2) is 5.28. The van der Waals surface area contributed by atoms with E-state index in [1.807, 2.05) is 49.4 Å². The van der Waals surface area contributed by atoms with Gasteiger partial charge in [0.15, 0.2) is 12.4 Å². The molecule has 0 aliphatic heterocycles. The van der Waals surface area contributed by atoms with Crippen LogP contribution in [0.2, 0.25) is 0 Å². The number of ether oxygens (including phenoxy) is 1. The summed E-state index contributed by atoms with van der Waals surface area (Å²) in [4.78, 5) is 15.3. The summed E-state index contributed by atoms with van der Waals surface area (Å²) < 4.78 is 10.3. The SMILES string of the molecule is Cc1cc(COC(=O)c2cc3c(ccc4ccccc43)[nH]2)on1. The van der Waals surface area contributed by atoms with Crippen molar-refractivity contribution in [3.8, 4) is 0 Å². The highest BCUT2D eigenvalue weighted by molar-refractivity contribution is 6.09. The summed E-state index contributed by atoms with van der Waals surface area (Å²) in [7, 11) is 0. The van der Waals surface area contributed by atoms with Crippen molar-refractivity contribution >= 4 is 27.6 Å². The van der Waals surface area contributed by atoms with Gasteiger partial charge in [0.2, 0.25) is 0 Å². The van der Waals surface area contributed by atoms with Crippen molar-refractivity contribution < 1.29 is 14.1 Å². The second-order valence-electron chi connectivity index (χ2n) is 5.44. The van der Waals surface area contributed by atoms with Crippen LogP contribution < -0.4 is 0 Å². The van der Waals surface area contributed by atoms with E-state index in [0.717, 1.165) is 27.4 Å². The van der Waals surface area contributed by atoms with Crippen LogP contribution in [0.1, 0.15) is 21.9 Å². The molecule has 2 aromatic carbocycles. The molecule has 0 fully saturated rings. The summed E-state index contributed by atoms with van der Waals surface area (Å²) in [6.07, 6.45) is 0. The van der Waals surface area contributed by atoms with E-state index in [0.29, 0.717) is 11.5 Å². The molecule has 0 atom stereocenters. The third-order valence-corrected chi connectivity index (χ3v) is 3.77. The van der Waals surface area contributed by atoms with Gasteiger partial charge in [0.05, 0.1) is 5.69 Å². The molecule has 114 valence electrons. The molecule has 2 heterocycles. The number of nitrogens with zero attached hydrogens (tertiary/aromatic N) is 1. The van der Waals surface area contributed by atoms with Crippen molar-refractivity contribution in [2.45, 2.75) is 13.5 Å². The number of aromatic amines is 1. The van der Waals surface area contributed by atoms with Crippen LogP contribution in [-0.2, 0) is 11.3 Å². The predicted molar refractivity (Wildman–Crippen MR) is 86.2 cm³/mol. The fourth-order valence-electron chi connectivity index (χ4n) is 2.69. The maximum atomic E-state index is 12.2. The van der Waals surface area contributed by atoms with Crippen molar-refractivity contribution in [1.29, 1.82) is 0 Å². The Bertz CT molecular complexity index is 1010. The summed E-state index contributed by atoms with van der Waals surface area (Å²) in [6.45, 7) is 1.88. The number of hydrogen-bond donors (Lipinski definition) is 1. The number of benzene rings is 2. The summed E-state index contributed by atoms with van der Waals surface area (Å²) in [5.41, 5.74) is 2.09. The molecule has 0 radical (unpaired) electrons. The van der Waals surface area contributed by atoms with Crippen molar-refractivity contribution in [1.82, 2.24) is 10.1 Å². The highest BCUT2D eigenvalue weighted by Gasteiger charge is 2.13. The van der Waals surface area contributed by atoms with Gasteiger partial charge in [-0.2, -0.15) is 0 Å². The normalized spacial score (nSPS) is 11.2. The van der Waals surface area contributed by atoms with E-state index in [-0.39, 0.29) is 6.61 Å². The molecule has 0 amide bonds. The second-order valence-corrected chi connectivity index (χ2v) is 5.44. The lowest BCUT2D eigenvalue weighted by Gasteiger charge is -1.99. The molecule has 5 heteroatoms. The minimum absolute atomic E-state index is 0.0653. The molecule has 0 unspecified atom stereocenters. The molecule has 5 nitrogen and oxygen atoms in total. The standard InChI is InChI=1S/C18H14N2O3/c1-11-8-13(23-20-11)10-22-18(21)17-9-15-14-5-3-2-4-12(14)6-7-16(15)19-17/h2-9,19H,10H2,1H3. The molecule has 0 saturated carbocycles. The van der Waals surface area contributed by atoms with Crippen molar-refractivity contribution in [3.63, 3.8) is 0 Å². The molecule has 4 rings (SSSR count). The van der Waals surface area contributed by atoms with E-state index < -0.39 is 5.97 Å². The molecule has 0 aliphatic carbocycles. The Balaban J connectivity index is 1.63. The largest absolute Gasteiger partial charge is 0.453 e. The Kier molecular flexibility index (Phi) is 3.12. The van der Waals surface area contributed by atoms with E-state index in [2.05, 4.69) is 10.1 Å². The molecule has 0 saturated heterocycles. The van der Waals surface area contributed by atoms with E-state index in [1.165, 1.54) is 0 Å². The molecule has 2 aromatic heterocycles. The van der Waals surface area contributed by atoms with Crippen molar-refractivity contribution in [2.24, 2.45) is 0 Å². The van der Waals surface area contributed by atoms with Gasteiger partial charge >= 0.3 is 5.97 Å².